The Balaban J connectivity index is 2.05. The highest BCUT2D eigenvalue weighted by atomic mass is 16.5. The van der Waals surface area contributed by atoms with E-state index in [2.05, 4.69) is 10.5 Å². The van der Waals surface area contributed by atoms with Crippen molar-refractivity contribution in [3.05, 3.63) is 46.9 Å². The molecule has 0 aliphatic rings. The molecule has 2 aromatic rings. The van der Waals surface area contributed by atoms with E-state index >= 15 is 0 Å². The van der Waals surface area contributed by atoms with Gasteiger partial charge in [-0.15, -0.1) is 0 Å². The molecule has 0 aliphatic carbocycles. The monoisotopic (exact) mass is 316 g/mol. The van der Waals surface area contributed by atoms with Crippen molar-refractivity contribution in [1.82, 2.24) is 5.43 Å². The average Bonchev–Trinajstić information content (AvgIpc) is 2.87. The predicted octanol–water partition coefficient (Wildman–Crippen LogP) is 3.07. The maximum atomic E-state index is 12.0. The lowest BCUT2D eigenvalue weighted by molar-refractivity contribution is 0.0953. The SMILES string of the molecule is CCOc1ccc(C=NNC(=O)c2cc(C)oc2C)cc1OC. The van der Waals surface area contributed by atoms with Gasteiger partial charge < -0.3 is 13.9 Å². The first-order valence-corrected chi connectivity index (χ1v) is 7.26. The smallest absolute Gasteiger partial charge is 0.274 e. The average molecular weight is 316 g/mol. The molecule has 1 N–H and O–H groups in total. The van der Waals surface area contributed by atoms with Crippen LogP contribution in [0.4, 0.5) is 0 Å². The lowest BCUT2D eigenvalue weighted by Crippen LogP contribution is -2.17. The standard InChI is InChI=1S/C17H20N2O4/c1-5-22-15-7-6-13(9-16(15)21-4)10-18-19-17(20)14-8-11(2)23-12(14)3/h6-10H,5H2,1-4H3,(H,19,20). The van der Waals surface area contributed by atoms with Crippen LogP contribution in [0, 0.1) is 13.8 Å². The highest BCUT2D eigenvalue weighted by molar-refractivity contribution is 5.95. The van der Waals surface area contributed by atoms with Crippen LogP contribution in [-0.2, 0) is 0 Å². The van der Waals surface area contributed by atoms with Gasteiger partial charge in [0.05, 0.1) is 25.5 Å². The van der Waals surface area contributed by atoms with Crippen molar-refractivity contribution in [3.8, 4) is 11.5 Å². The van der Waals surface area contributed by atoms with E-state index in [0.29, 0.717) is 35.2 Å². The van der Waals surface area contributed by atoms with Crippen LogP contribution in [-0.4, -0.2) is 25.8 Å². The zero-order valence-electron chi connectivity index (χ0n) is 13.7. The van der Waals surface area contributed by atoms with Gasteiger partial charge in [0.1, 0.15) is 11.5 Å². The van der Waals surface area contributed by atoms with E-state index in [4.69, 9.17) is 13.9 Å². The van der Waals surface area contributed by atoms with E-state index in [-0.39, 0.29) is 5.91 Å². The molecular weight excluding hydrogens is 296 g/mol. The zero-order valence-corrected chi connectivity index (χ0v) is 13.7. The molecular formula is C17H20N2O4. The van der Waals surface area contributed by atoms with Crippen molar-refractivity contribution in [2.75, 3.05) is 13.7 Å². The third-order valence-electron chi connectivity index (χ3n) is 3.15. The Morgan fingerprint density at radius 1 is 1.30 bits per heavy atom. The lowest BCUT2D eigenvalue weighted by Gasteiger charge is -2.09. The van der Waals surface area contributed by atoms with Crippen LogP contribution in [0.3, 0.4) is 0 Å². The number of hydrogen-bond donors (Lipinski definition) is 1. The Morgan fingerprint density at radius 3 is 2.70 bits per heavy atom. The predicted molar refractivity (Wildman–Crippen MR) is 87.4 cm³/mol. The fraction of sp³-hybridized carbons (Fsp3) is 0.294. The number of benzene rings is 1. The Bertz CT molecular complexity index is 719. The minimum Gasteiger partial charge on any atom is -0.493 e. The summed E-state index contributed by atoms with van der Waals surface area (Å²) < 4.78 is 16.0. The van der Waals surface area contributed by atoms with Gasteiger partial charge >= 0.3 is 0 Å². The number of nitrogens with one attached hydrogen (secondary N) is 1. The maximum absolute atomic E-state index is 12.0. The first-order valence-electron chi connectivity index (χ1n) is 7.26. The number of aryl methyl sites for hydroxylation is 2. The molecule has 0 saturated heterocycles. The van der Waals surface area contributed by atoms with Crippen molar-refractivity contribution in [3.63, 3.8) is 0 Å². The van der Waals surface area contributed by atoms with Crippen molar-refractivity contribution in [1.29, 1.82) is 0 Å². The van der Waals surface area contributed by atoms with Crippen LogP contribution in [0.25, 0.3) is 0 Å². The Labute approximate surface area is 135 Å². The summed E-state index contributed by atoms with van der Waals surface area (Å²) in [5.74, 6) is 2.23. The summed E-state index contributed by atoms with van der Waals surface area (Å²) in [7, 11) is 1.57. The molecule has 2 rings (SSSR count). The number of furan rings is 1. The second kappa shape index (κ2) is 7.49. The fourth-order valence-electron chi connectivity index (χ4n) is 2.12. The third-order valence-corrected chi connectivity index (χ3v) is 3.15. The molecule has 1 aromatic carbocycles. The molecule has 0 bridgehead atoms. The summed E-state index contributed by atoms with van der Waals surface area (Å²) in [5.41, 5.74) is 3.74. The lowest BCUT2D eigenvalue weighted by atomic mass is 10.2. The molecule has 6 nitrogen and oxygen atoms in total. The number of rotatable bonds is 6. The minimum atomic E-state index is -0.312. The minimum absolute atomic E-state index is 0.312. The van der Waals surface area contributed by atoms with Gasteiger partial charge in [0.15, 0.2) is 11.5 Å². The Hall–Kier alpha value is -2.76. The summed E-state index contributed by atoms with van der Waals surface area (Å²) >= 11 is 0. The van der Waals surface area contributed by atoms with Crippen LogP contribution in [0.15, 0.2) is 33.8 Å². The van der Waals surface area contributed by atoms with Gasteiger partial charge in [-0.05, 0) is 50.6 Å². The summed E-state index contributed by atoms with van der Waals surface area (Å²) in [5, 5.41) is 3.96. The number of carbonyl (C=O) groups is 1. The van der Waals surface area contributed by atoms with Crippen molar-refractivity contribution in [2.45, 2.75) is 20.8 Å². The fourth-order valence-corrected chi connectivity index (χ4v) is 2.12. The van der Waals surface area contributed by atoms with Gasteiger partial charge in [-0.25, -0.2) is 5.43 Å². The summed E-state index contributed by atoms with van der Waals surface area (Å²) in [6.07, 6.45) is 1.54. The van der Waals surface area contributed by atoms with Crippen LogP contribution < -0.4 is 14.9 Å². The maximum Gasteiger partial charge on any atom is 0.274 e. The number of nitrogens with zero attached hydrogens (tertiary/aromatic N) is 1. The molecule has 0 fully saturated rings. The molecule has 23 heavy (non-hydrogen) atoms. The van der Waals surface area contributed by atoms with E-state index in [1.165, 1.54) is 0 Å². The van der Waals surface area contributed by atoms with E-state index in [0.717, 1.165) is 5.56 Å². The van der Waals surface area contributed by atoms with Crippen LogP contribution in [0.5, 0.6) is 11.5 Å². The number of amides is 1. The molecule has 1 heterocycles. The molecule has 0 aliphatic heterocycles. The third kappa shape index (κ3) is 4.12. The highest BCUT2D eigenvalue weighted by Gasteiger charge is 2.12. The van der Waals surface area contributed by atoms with Crippen LogP contribution in [0.1, 0.15) is 34.4 Å². The summed E-state index contributed by atoms with van der Waals surface area (Å²) in [4.78, 5) is 12.0. The molecule has 0 saturated carbocycles. The first-order chi connectivity index (χ1) is 11.0. The molecule has 6 heteroatoms. The van der Waals surface area contributed by atoms with Gasteiger partial charge in [0.2, 0.25) is 0 Å². The first kappa shape index (κ1) is 16.6. The van der Waals surface area contributed by atoms with E-state index in [1.807, 2.05) is 13.0 Å². The van der Waals surface area contributed by atoms with E-state index < -0.39 is 0 Å². The second-order valence-corrected chi connectivity index (χ2v) is 4.87. The van der Waals surface area contributed by atoms with Gasteiger partial charge in [-0.2, -0.15) is 5.10 Å². The quantitative estimate of drug-likeness (QED) is 0.656. The molecule has 0 unspecified atom stereocenters. The van der Waals surface area contributed by atoms with Crippen LogP contribution >= 0.6 is 0 Å². The van der Waals surface area contributed by atoms with E-state index in [1.54, 1.807) is 45.4 Å². The zero-order chi connectivity index (χ0) is 16.8. The number of ether oxygens (including phenoxy) is 2. The summed E-state index contributed by atoms with van der Waals surface area (Å²) in [6, 6.07) is 7.10. The van der Waals surface area contributed by atoms with Crippen molar-refractivity contribution < 1.29 is 18.7 Å². The molecule has 122 valence electrons. The summed E-state index contributed by atoms with van der Waals surface area (Å²) in [6.45, 7) is 6.00. The molecule has 0 spiro atoms. The Morgan fingerprint density at radius 2 is 2.09 bits per heavy atom. The van der Waals surface area contributed by atoms with Crippen LogP contribution in [0.2, 0.25) is 0 Å². The van der Waals surface area contributed by atoms with E-state index in [9.17, 15) is 4.79 Å². The van der Waals surface area contributed by atoms with Gasteiger partial charge in [0, 0.05) is 0 Å². The van der Waals surface area contributed by atoms with Crippen molar-refractivity contribution in [2.24, 2.45) is 5.10 Å². The van der Waals surface area contributed by atoms with Crippen molar-refractivity contribution >= 4 is 12.1 Å². The molecule has 1 amide bonds. The number of carbonyl (C=O) groups excluding carboxylic acids is 1. The van der Waals surface area contributed by atoms with Gasteiger partial charge in [-0.1, -0.05) is 0 Å². The number of methoxy groups -OCH3 is 1. The normalized spacial score (nSPS) is 10.8. The number of hydrogen-bond acceptors (Lipinski definition) is 5. The topological polar surface area (TPSA) is 73.1 Å². The molecule has 0 radical (unpaired) electrons. The molecule has 1 aromatic heterocycles. The highest BCUT2D eigenvalue weighted by Crippen LogP contribution is 2.27. The number of hydrazone groups is 1. The largest absolute Gasteiger partial charge is 0.493 e. The van der Waals surface area contributed by atoms with Gasteiger partial charge in [-0.3, -0.25) is 4.79 Å². The second-order valence-electron chi connectivity index (χ2n) is 4.87. The Kier molecular flexibility index (Phi) is 5.41. The molecule has 0 atom stereocenters. The van der Waals surface area contributed by atoms with Gasteiger partial charge in [0.25, 0.3) is 5.91 Å².